The summed E-state index contributed by atoms with van der Waals surface area (Å²) in [4.78, 5) is 2.51. The van der Waals surface area contributed by atoms with Crippen molar-refractivity contribution in [2.45, 2.75) is 25.3 Å². The number of aryl methyl sites for hydroxylation is 1. The molecule has 5 aromatic rings. The predicted octanol–water partition coefficient (Wildman–Crippen LogP) is 8.67. The molecule has 1 unspecified atom stereocenters. The van der Waals surface area contributed by atoms with Crippen molar-refractivity contribution in [3.05, 3.63) is 155 Å². The molecule has 2 atom stereocenters. The third kappa shape index (κ3) is 3.65. The van der Waals surface area contributed by atoms with Gasteiger partial charge in [0.15, 0.2) is 0 Å². The van der Waals surface area contributed by atoms with Gasteiger partial charge in [-0.15, -0.1) is 0 Å². The molecule has 1 aromatic heterocycles. The molecule has 0 spiro atoms. The van der Waals surface area contributed by atoms with Gasteiger partial charge in [-0.25, -0.2) is 0 Å². The lowest BCUT2D eigenvalue weighted by Gasteiger charge is -2.47. The lowest BCUT2D eigenvalue weighted by atomic mass is 9.67. The molecule has 41 heavy (non-hydrogen) atoms. The van der Waals surface area contributed by atoms with Gasteiger partial charge in [-0.3, -0.25) is 0 Å². The highest BCUT2D eigenvalue weighted by atomic mass is 16.3. The van der Waals surface area contributed by atoms with Crippen LogP contribution in [0.4, 0.5) is 0 Å². The Kier molecular flexibility index (Phi) is 5.36. The number of rotatable bonds is 3. The third-order valence-electron chi connectivity index (χ3n) is 9.16. The number of dihydropyridines is 1. The number of para-hydroxylation sites is 1. The van der Waals surface area contributed by atoms with Gasteiger partial charge >= 0.3 is 0 Å². The van der Waals surface area contributed by atoms with Gasteiger partial charge in [-0.2, -0.15) is 0 Å². The van der Waals surface area contributed by atoms with Gasteiger partial charge in [0.2, 0.25) is 0 Å². The van der Waals surface area contributed by atoms with Crippen LogP contribution in [0.3, 0.4) is 0 Å². The Morgan fingerprint density at radius 3 is 2.54 bits per heavy atom. The van der Waals surface area contributed by atoms with Crippen LogP contribution in [0.5, 0.6) is 0 Å². The molecular formula is C38H32N2O. The summed E-state index contributed by atoms with van der Waals surface area (Å²) in [6.45, 7) is 6.26. The van der Waals surface area contributed by atoms with E-state index in [1.54, 1.807) is 0 Å². The van der Waals surface area contributed by atoms with Crippen molar-refractivity contribution in [1.82, 2.24) is 10.2 Å². The van der Waals surface area contributed by atoms with Gasteiger partial charge in [0.25, 0.3) is 0 Å². The largest absolute Gasteiger partial charge is 0.455 e. The Balaban J connectivity index is 1.41. The average molecular weight is 533 g/mol. The summed E-state index contributed by atoms with van der Waals surface area (Å²) in [7, 11) is 0. The van der Waals surface area contributed by atoms with Crippen molar-refractivity contribution < 1.29 is 4.42 Å². The molecule has 0 aliphatic carbocycles. The van der Waals surface area contributed by atoms with E-state index in [-0.39, 0.29) is 11.5 Å². The van der Waals surface area contributed by atoms with E-state index in [9.17, 15) is 0 Å². The van der Waals surface area contributed by atoms with E-state index >= 15 is 0 Å². The molecule has 3 aliphatic heterocycles. The zero-order chi connectivity index (χ0) is 27.6. The van der Waals surface area contributed by atoms with Gasteiger partial charge in [0, 0.05) is 52.3 Å². The normalized spacial score (nSPS) is 21.3. The van der Waals surface area contributed by atoms with Crippen molar-refractivity contribution in [1.29, 1.82) is 0 Å². The Morgan fingerprint density at radius 1 is 0.854 bits per heavy atom. The molecule has 4 aromatic carbocycles. The van der Waals surface area contributed by atoms with Crippen molar-refractivity contribution in [2.75, 3.05) is 13.1 Å². The molecule has 3 nitrogen and oxygen atoms in total. The number of nitrogens with zero attached hydrogens (tertiary/aromatic N) is 1. The number of allylic oxidation sites excluding steroid dienone is 4. The first kappa shape index (κ1) is 24.1. The number of furan rings is 1. The van der Waals surface area contributed by atoms with E-state index in [1.807, 2.05) is 0 Å². The van der Waals surface area contributed by atoms with E-state index in [1.165, 1.54) is 55.4 Å². The minimum atomic E-state index is -0.267. The zero-order valence-corrected chi connectivity index (χ0v) is 23.4. The van der Waals surface area contributed by atoms with Crippen LogP contribution in [0.1, 0.15) is 46.3 Å². The predicted molar refractivity (Wildman–Crippen MR) is 169 cm³/mol. The van der Waals surface area contributed by atoms with Crippen LogP contribution in [0.15, 0.2) is 126 Å². The Labute approximate surface area is 240 Å². The number of nitrogens with one attached hydrogen (secondary N) is 1. The van der Waals surface area contributed by atoms with Gasteiger partial charge in [0.1, 0.15) is 11.2 Å². The van der Waals surface area contributed by atoms with Crippen LogP contribution < -0.4 is 5.32 Å². The summed E-state index contributed by atoms with van der Waals surface area (Å²) in [6, 6.07) is 30.8. The summed E-state index contributed by atoms with van der Waals surface area (Å²) in [5, 5.41) is 5.98. The lowest BCUT2D eigenvalue weighted by Crippen LogP contribution is -2.45. The van der Waals surface area contributed by atoms with Crippen LogP contribution in [0.2, 0.25) is 0 Å². The quantitative estimate of drug-likeness (QED) is 0.252. The van der Waals surface area contributed by atoms with Crippen molar-refractivity contribution in [3.63, 3.8) is 0 Å². The fraction of sp³-hybridized carbons (Fsp3) is 0.158. The highest BCUT2D eigenvalue weighted by Gasteiger charge is 2.44. The second-order valence-electron chi connectivity index (χ2n) is 11.6. The second-order valence-corrected chi connectivity index (χ2v) is 11.6. The van der Waals surface area contributed by atoms with Crippen LogP contribution >= 0.6 is 0 Å². The minimum absolute atomic E-state index is 0.0740. The maximum absolute atomic E-state index is 6.83. The molecule has 4 heterocycles. The lowest BCUT2D eigenvalue weighted by molar-refractivity contribution is 0.244. The second kappa shape index (κ2) is 9.14. The maximum atomic E-state index is 6.83. The van der Waals surface area contributed by atoms with E-state index in [2.05, 4.69) is 146 Å². The van der Waals surface area contributed by atoms with Crippen LogP contribution in [-0.4, -0.2) is 18.0 Å². The Morgan fingerprint density at radius 2 is 1.68 bits per heavy atom. The molecule has 0 radical (unpaired) electrons. The molecule has 3 aliphatic rings. The van der Waals surface area contributed by atoms with Crippen molar-refractivity contribution in [2.24, 2.45) is 0 Å². The van der Waals surface area contributed by atoms with Crippen molar-refractivity contribution in [3.8, 4) is 0 Å². The summed E-state index contributed by atoms with van der Waals surface area (Å²) < 4.78 is 6.83. The van der Waals surface area contributed by atoms with E-state index in [0.29, 0.717) is 0 Å². The standard InChI is InChI=1S/C38H32N2O/c1-25-11-10-15-28-29-18-19-32-35(37(29)41-36(25)28)34-23-27(26-12-4-3-5-13-26)20-22-40(34)24-38(32,2)31-16-7-6-14-30(31)33-17-8-9-21-39-33/h3-20,22-23,34,39H,21,24H2,1-2H3/t34?,38-/m0/s1. The highest BCUT2D eigenvalue weighted by Crippen LogP contribution is 2.51. The monoisotopic (exact) mass is 532 g/mol. The van der Waals surface area contributed by atoms with Crippen LogP contribution in [0.25, 0.3) is 33.2 Å². The molecule has 0 saturated carbocycles. The number of hydrogen-bond acceptors (Lipinski definition) is 3. The van der Waals surface area contributed by atoms with E-state index in [4.69, 9.17) is 4.42 Å². The summed E-state index contributed by atoms with van der Waals surface area (Å²) in [5.41, 5.74) is 11.7. The van der Waals surface area contributed by atoms with Gasteiger partial charge < -0.3 is 14.6 Å². The minimum Gasteiger partial charge on any atom is -0.455 e. The molecule has 0 fully saturated rings. The molecule has 3 heteroatoms. The van der Waals surface area contributed by atoms with Gasteiger partial charge in [-0.05, 0) is 59.9 Å². The van der Waals surface area contributed by atoms with Crippen LogP contribution in [-0.2, 0) is 5.41 Å². The summed E-state index contributed by atoms with van der Waals surface area (Å²) in [6.07, 6.45) is 13.5. The zero-order valence-electron chi connectivity index (χ0n) is 23.4. The summed E-state index contributed by atoms with van der Waals surface area (Å²) in [5.74, 6) is 0. The number of fused-ring (bicyclic) bond motifs is 7. The first-order valence-corrected chi connectivity index (χ1v) is 14.5. The fourth-order valence-electron chi connectivity index (χ4n) is 7.14. The van der Waals surface area contributed by atoms with E-state index in [0.717, 1.165) is 24.3 Å². The first-order valence-electron chi connectivity index (χ1n) is 14.5. The summed E-state index contributed by atoms with van der Waals surface area (Å²) >= 11 is 0. The fourth-order valence-corrected chi connectivity index (χ4v) is 7.14. The Bertz CT molecular complexity index is 1960. The SMILES string of the molecule is Cc1cccc2c1oc1c3c(ccc12)[C@](C)(c1ccccc1C1=CC=CCN1)CN1C=CC(c2ccccc2)=CC31. The van der Waals surface area contributed by atoms with Gasteiger partial charge in [0.05, 0.1) is 6.04 Å². The topological polar surface area (TPSA) is 28.4 Å². The molecule has 0 bridgehead atoms. The van der Waals surface area contributed by atoms with Gasteiger partial charge in [-0.1, -0.05) is 97.1 Å². The smallest absolute Gasteiger partial charge is 0.141 e. The maximum Gasteiger partial charge on any atom is 0.141 e. The third-order valence-corrected chi connectivity index (χ3v) is 9.16. The highest BCUT2D eigenvalue weighted by molar-refractivity contribution is 6.07. The molecular weight excluding hydrogens is 500 g/mol. The number of hydrogen-bond donors (Lipinski definition) is 1. The first-order chi connectivity index (χ1) is 20.1. The molecule has 0 amide bonds. The van der Waals surface area contributed by atoms with Crippen molar-refractivity contribution >= 4 is 33.2 Å². The average Bonchev–Trinajstić information content (AvgIpc) is 3.42. The Hall–Kier alpha value is -4.76. The molecule has 200 valence electrons. The molecule has 8 rings (SSSR count). The molecule has 0 saturated heterocycles. The van der Waals surface area contributed by atoms with Crippen LogP contribution in [0, 0.1) is 6.92 Å². The number of benzene rings is 4. The molecule has 1 N–H and O–H groups in total. The van der Waals surface area contributed by atoms with E-state index < -0.39 is 0 Å².